The predicted octanol–water partition coefficient (Wildman–Crippen LogP) is 3.96. The molecular formula is C19H29NO. The number of methoxy groups -OCH3 is 1. The molecule has 2 heteroatoms. The van der Waals surface area contributed by atoms with E-state index in [0.717, 1.165) is 36.5 Å². The zero-order valence-electron chi connectivity index (χ0n) is 13.7. The van der Waals surface area contributed by atoms with E-state index >= 15 is 0 Å². The molecular weight excluding hydrogens is 258 g/mol. The van der Waals surface area contributed by atoms with Crippen molar-refractivity contribution in [1.29, 1.82) is 0 Å². The smallest absolute Gasteiger partial charge is 0.122 e. The van der Waals surface area contributed by atoms with Crippen molar-refractivity contribution in [2.45, 2.75) is 52.0 Å². The van der Waals surface area contributed by atoms with Crippen LogP contribution >= 0.6 is 0 Å². The molecule has 3 unspecified atom stereocenters. The van der Waals surface area contributed by atoms with Crippen LogP contribution < -0.4 is 10.1 Å². The lowest BCUT2D eigenvalue weighted by Gasteiger charge is -2.20. The van der Waals surface area contributed by atoms with Gasteiger partial charge in [0.25, 0.3) is 0 Å². The molecule has 3 rings (SSSR count). The summed E-state index contributed by atoms with van der Waals surface area (Å²) in [5, 5.41) is 3.76. The third-order valence-corrected chi connectivity index (χ3v) is 5.53. The van der Waals surface area contributed by atoms with Crippen molar-refractivity contribution in [3.8, 4) is 5.75 Å². The van der Waals surface area contributed by atoms with Gasteiger partial charge in [0, 0.05) is 6.04 Å². The van der Waals surface area contributed by atoms with Crippen LogP contribution in [0.25, 0.3) is 0 Å². The molecule has 1 N–H and O–H groups in total. The van der Waals surface area contributed by atoms with Gasteiger partial charge >= 0.3 is 0 Å². The first-order valence-corrected chi connectivity index (χ1v) is 8.61. The minimum absolute atomic E-state index is 0.624. The molecule has 0 aromatic heterocycles. The van der Waals surface area contributed by atoms with E-state index in [2.05, 4.69) is 37.4 Å². The van der Waals surface area contributed by atoms with Gasteiger partial charge in [0.15, 0.2) is 0 Å². The van der Waals surface area contributed by atoms with Gasteiger partial charge in [-0.2, -0.15) is 0 Å². The molecule has 0 saturated heterocycles. The van der Waals surface area contributed by atoms with E-state index in [1.807, 2.05) is 0 Å². The number of hydrogen-bond donors (Lipinski definition) is 1. The number of benzene rings is 1. The van der Waals surface area contributed by atoms with Crippen LogP contribution in [0, 0.1) is 24.7 Å². The van der Waals surface area contributed by atoms with Crippen molar-refractivity contribution in [3.05, 3.63) is 29.3 Å². The molecule has 1 aromatic rings. The van der Waals surface area contributed by atoms with Crippen molar-refractivity contribution in [2.24, 2.45) is 17.8 Å². The number of aryl methyl sites for hydroxylation is 1. The Labute approximate surface area is 129 Å². The molecule has 0 radical (unpaired) electrons. The Morgan fingerprint density at radius 1 is 1.24 bits per heavy atom. The minimum atomic E-state index is 0.624. The Morgan fingerprint density at radius 2 is 1.95 bits per heavy atom. The SMILES string of the molecule is CCNC(Cc1cc(C)ccc1OC)C1C2CCCCC21. The Balaban J connectivity index is 1.75. The van der Waals surface area contributed by atoms with E-state index in [1.54, 1.807) is 7.11 Å². The van der Waals surface area contributed by atoms with E-state index in [0.29, 0.717) is 6.04 Å². The summed E-state index contributed by atoms with van der Waals surface area (Å²) in [5.74, 6) is 3.95. The van der Waals surface area contributed by atoms with Crippen LogP contribution in [-0.4, -0.2) is 19.7 Å². The zero-order valence-corrected chi connectivity index (χ0v) is 13.7. The number of ether oxygens (including phenoxy) is 1. The first-order valence-electron chi connectivity index (χ1n) is 8.61. The number of fused-ring (bicyclic) bond motifs is 1. The average Bonchev–Trinajstić information content (AvgIpc) is 3.21. The zero-order chi connectivity index (χ0) is 14.8. The maximum atomic E-state index is 5.57. The summed E-state index contributed by atoms with van der Waals surface area (Å²) in [6.45, 7) is 5.46. The van der Waals surface area contributed by atoms with E-state index < -0.39 is 0 Å². The van der Waals surface area contributed by atoms with Gasteiger partial charge in [-0.15, -0.1) is 0 Å². The quantitative estimate of drug-likeness (QED) is 0.855. The number of rotatable bonds is 6. The number of nitrogens with one attached hydrogen (secondary N) is 1. The molecule has 2 aliphatic carbocycles. The maximum Gasteiger partial charge on any atom is 0.122 e. The molecule has 3 atom stereocenters. The van der Waals surface area contributed by atoms with E-state index in [4.69, 9.17) is 4.74 Å². The first kappa shape index (κ1) is 14.9. The minimum Gasteiger partial charge on any atom is -0.496 e. The lowest BCUT2D eigenvalue weighted by molar-refractivity contribution is 0.395. The van der Waals surface area contributed by atoms with Crippen LogP contribution in [0.15, 0.2) is 18.2 Å². The predicted molar refractivity (Wildman–Crippen MR) is 87.8 cm³/mol. The Bertz CT molecular complexity index is 472. The van der Waals surface area contributed by atoms with Crippen molar-refractivity contribution in [3.63, 3.8) is 0 Å². The summed E-state index contributed by atoms with van der Waals surface area (Å²) in [6, 6.07) is 7.18. The van der Waals surface area contributed by atoms with Crippen molar-refractivity contribution >= 4 is 0 Å². The van der Waals surface area contributed by atoms with Gasteiger partial charge in [0.2, 0.25) is 0 Å². The Hall–Kier alpha value is -1.02. The van der Waals surface area contributed by atoms with Crippen LogP contribution in [0.5, 0.6) is 5.75 Å². The molecule has 0 bridgehead atoms. The molecule has 2 fully saturated rings. The highest BCUT2D eigenvalue weighted by molar-refractivity contribution is 5.37. The van der Waals surface area contributed by atoms with Crippen LogP contribution in [0.4, 0.5) is 0 Å². The molecule has 2 nitrogen and oxygen atoms in total. The lowest BCUT2D eigenvalue weighted by Crippen LogP contribution is -2.34. The van der Waals surface area contributed by atoms with Gasteiger partial charge in [-0.3, -0.25) is 0 Å². The molecule has 21 heavy (non-hydrogen) atoms. The van der Waals surface area contributed by atoms with E-state index in [9.17, 15) is 0 Å². The molecule has 1 aromatic carbocycles. The third-order valence-electron chi connectivity index (χ3n) is 5.53. The van der Waals surface area contributed by atoms with Gasteiger partial charge < -0.3 is 10.1 Å². The summed E-state index contributed by atoms with van der Waals surface area (Å²) < 4.78 is 5.57. The summed E-state index contributed by atoms with van der Waals surface area (Å²) in [7, 11) is 1.79. The van der Waals surface area contributed by atoms with Gasteiger partial charge in [0.05, 0.1) is 7.11 Å². The molecule has 0 aliphatic heterocycles. The normalized spacial score (nSPS) is 28.8. The van der Waals surface area contributed by atoms with Gasteiger partial charge in [-0.1, -0.05) is 37.5 Å². The molecule has 116 valence electrons. The molecule has 0 spiro atoms. The van der Waals surface area contributed by atoms with Crippen LogP contribution in [-0.2, 0) is 6.42 Å². The van der Waals surface area contributed by atoms with Gasteiger partial charge in [0.1, 0.15) is 5.75 Å². The number of hydrogen-bond acceptors (Lipinski definition) is 2. The second kappa shape index (κ2) is 6.39. The average molecular weight is 287 g/mol. The van der Waals surface area contributed by atoms with Crippen LogP contribution in [0.1, 0.15) is 43.7 Å². The van der Waals surface area contributed by atoms with E-state index in [-0.39, 0.29) is 0 Å². The Kier molecular flexibility index (Phi) is 4.54. The molecule has 2 saturated carbocycles. The monoisotopic (exact) mass is 287 g/mol. The van der Waals surface area contributed by atoms with Crippen molar-refractivity contribution in [1.82, 2.24) is 5.32 Å². The van der Waals surface area contributed by atoms with Crippen molar-refractivity contribution in [2.75, 3.05) is 13.7 Å². The second-order valence-electron chi connectivity index (χ2n) is 6.87. The molecule has 2 aliphatic rings. The van der Waals surface area contributed by atoms with Gasteiger partial charge in [-0.25, -0.2) is 0 Å². The fourth-order valence-corrected chi connectivity index (χ4v) is 4.55. The Morgan fingerprint density at radius 3 is 2.57 bits per heavy atom. The summed E-state index contributed by atoms with van der Waals surface area (Å²) >= 11 is 0. The molecule has 0 heterocycles. The summed E-state index contributed by atoms with van der Waals surface area (Å²) in [5.41, 5.74) is 2.70. The highest BCUT2D eigenvalue weighted by atomic mass is 16.5. The maximum absolute atomic E-state index is 5.57. The molecule has 0 amide bonds. The largest absolute Gasteiger partial charge is 0.496 e. The van der Waals surface area contributed by atoms with Crippen LogP contribution in [0.2, 0.25) is 0 Å². The fraction of sp³-hybridized carbons (Fsp3) is 0.684. The lowest BCUT2D eigenvalue weighted by atomic mass is 9.97. The highest BCUT2D eigenvalue weighted by Gasteiger charge is 2.53. The summed E-state index contributed by atoms with van der Waals surface area (Å²) in [4.78, 5) is 0. The topological polar surface area (TPSA) is 21.3 Å². The van der Waals surface area contributed by atoms with E-state index in [1.165, 1.54) is 36.8 Å². The standard InChI is InChI=1S/C19H29NO/c1-4-20-17(19-15-7-5-6-8-16(15)19)12-14-11-13(2)9-10-18(14)21-3/h9-11,15-17,19-20H,4-8,12H2,1-3H3. The van der Waals surface area contributed by atoms with Crippen molar-refractivity contribution < 1.29 is 4.74 Å². The van der Waals surface area contributed by atoms with Gasteiger partial charge in [-0.05, 0) is 62.1 Å². The number of likely N-dealkylation sites (N-methyl/N-ethyl adjacent to an activating group) is 1. The second-order valence-corrected chi connectivity index (χ2v) is 6.87. The first-order chi connectivity index (χ1) is 10.2. The fourth-order valence-electron chi connectivity index (χ4n) is 4.55. The summed E-state index contributed by atoms with van der Waals surface area (Å²) in [6.07, 6.45) is 6.93. The highest BCUT2D eigenvalue weighted by Crippen LogP contribution is 2.57. The van der Waals surface area contributed by atoms with Crippen LogP contribution in [0.3, 0.4) is 0 Å². The third kappa shape index (κ3) is 3.11.